The van der Waals surface area contributed by atoms with Crippen LogP contribution in [0, 0.1) is 0 Å². The fourth-order valence-electron chi connectivity index (χ4n) is 1.46. The molecule has 0 N–H and O–H groups in total. The smallest absolute Gasteiger partial charge is 0.233 e. The predicted molar refractivity (Wildman–Crippen MR) is 51.7 cm³/mol. The monoisotopic (exact) mass is 234 g/mol. The maximum Gasteiger partial charge on any atom is 0.451 e. The highest BCUT2D eigenvalue weighted by molar-refractivity contribution is 7.99. The molecule has 1 aromatic heterocycles. The number of aromatic nitrogens is 2. The summed E-state index contributed by atoms with van der Waals surface area (Å²) in [5.74, 6) is -0.727. The molecule has 6 heteroatoms. The molecule has 1 saturated carbocycles. The Hall–Kier alpha value is -0.780. The Labute approximate surface area is 89.3 Å². The summed E-state index contributed by atoms with van der Waals surface area (Å²) >= 11 is 1.73. The van der Waals surface area contributed by atoms with Gasteiger partial charge in [-0.15, -0.1) is 0 Å². The van der Waals surface area contributed by atoms with Crippen LogP contribution < -0.4 is 0 Å². The summed E-state index contributed by atoms with van der Waals surface area (Å²) in [7, 11) is 0. The lowest BCUT2D eigenvalue weighted by molar-refractivity contribution is -0.145. The van der Waals surface area contributed by atoms with E-state index in [0.717, 1.165) is 12.0 Å². The molecule has 15 heavy (non-hydrogen) atoms. The minimum atomic E-state index is -4.44. The standard InChI is InChI=1S/C9H9F3N2S/c1-15-7-2-6(7)5-3-13-8(14-4-5)9(10,11)12/h3-4,6-7H,2H2,1H3/t6-,7+/m1/s1. The lowest BCUT2D eigenvalue weighted by atomic mass is 10.2. The van der Waals surface area contributed by atoms with Gasteiger partial charge in [-0.2, -0.15) is 24.9 Å². The molecule has 0 bridgehead atoms. The minimum absolute atomic E-state index is 0.335. The summed E-state index contributed by atoms with van der Waals surface area (Å²) < 4.78 is 36.5. The molecule has 0 radical (unpaired) electrons. The largest absolute Gasteiger partial charge is 0.451 e. The third kappa shape index (κ3) is 2.25. The average Bonchev–Trinajstić information content (AvgIpc) is 2.95. The van der Waals surface area contributed by atoms with Gasteiger partial charge >= 0.3 is 6.18 Å². The summed E-state index contributed by atoms with van der Waals surface area (Å²) in [5.41, 5.74) is 0.808. The summed E-state index contributed by atoms with van der Waals surface area (Å²) in [5, 5.41) is 0.519. The molecule has 1 aliphatic carbocycles. The SMILES string of the molecule is CS[C@H]1C[C@@H]1c1cnc(C(F)(F)F)nc1. The van der Waals surface area contributed by atoms with E-state index in [2.05, 4.69) is 9.97 Å². The Bertz CT molecular complexity index is 349. The second-order valence-electron chi connectivity index (χ2n) is 3.45. The molecule has 2 rings (SSSR count). The van der Waals surface area contributed by atoms with Crippen molar-refractivity contribution in [2.24, 2.45) is 0 Å². The quantitative estimate of drug-likeness (QED) is 0.786. The van der Waals surface area contributed by atoms with Crippen molar-refractivity contribution in [3.8, 4) is 0 Å². The van der Waals surface area contributed by atoms with Gasteiger partial charge in [0.15, 0.2) is 0 Å². The van der Waals surface area contributed by atoms with Crippen LogP contribution in [0.15, 0.2) is 12.4 Å². The number of alkyl halides is 3. The zero-order valence-electron chi connectivity index (χ0n) is 7.95. The van der Waals surface area contributed by atoms with Crippen LogP contribution in [0.5, 0.6) is 0 Å². The van der Waals surface area contributed by atoms with E-state index < -0.39 is 12.0 Å². The van der Waals surface area contributed by atoms with Gasteiger partial charge in [-0.05, 0) is 24.2 Å². The summed E-state index contributed by atoms with van der Waals surface area (Å²) in [4.78, 5) is 6.67. The first kappa shape index (κ1) is 10.7. The minimum Gasteiger partial charge on any atom is -0.233 e. The number of hydrogen-bond acceptors (Lipinski definition) is 3. The first-order chi connectivity index (χ1) is 7.02. The van der Waals surface area contributed by atoms with Gasteiger partial charge in [0.25, 0.3) is 0 Å². The van der Waals surface area contributed by atoms with Crippen molar-refractivity contribution in [2.75, 3.05) is 6.26 Å². The molecule has 1 fully saturated rings. The first-order valence-corrected chi connectivity index (χ1v) is 5.73. The highest BCUT2D eigenvalue weighted by atomic mass is 32.2. The molecule has 1 heterocycles. The second kappa shape index (κ2) is 3.66. The van der Waals surface area contributed by atoms with Crippen molar-refractivity contribution in [3.05, 3.63) is 23.8 Å². The van der Waals surface area contributed by atoms with Crippen LogP contribution in [0.25, 0.3) is 0 Å². The predicted octanol–water partition coefficient (Wildman–Crippen LogP) is 2.71. The van der Waals surface area contributed by atoms with Crippen LogP contribution >= 0.6 is 11.8 Å². The van der Waals surface area contributed by atoms with Crippen LogP contribution in [-0.4, -0.2) is 21.5 Å². The number of halogens is 3. The van der Waals surface area contributed by atoms with Crippen LogP contribution in [0.1, 0.15) is 23.7 Å². The Morgan fingerprint density at radius 1 is 1.33 bits per heavy atom. The van der Waals surface area contributed by atoms with E-state index in [1.54, 1.807) is 11.8 Å². The second-order valence-corrected chi connectivity index (χ2v) is 4.53. The van der Waals surface area contributed by atoms with Crippen LogP contribution in [0.4, 0.5) is 13.2 Å². The Balaban J connectivity index is 2.12. The topological polar surface area (TPSA) is 25.8 Å². The molecular weight excluding hydrogens is 225 g/mol. The molecule has 0 saturated heterocycles. The van der Waals surface area contributed by atoms with Crippen molar-refractivity contribution in [3.63, 3.8) is 0 Å². The zero-order valence-corrected chi connectivity index (χ0v) is 8.77. The molecule has 0 unspecified atom stereocenters. The summed E-state index contributed by atoms with van der Waals surface area (Å²) in [6.07, 6.45) is 1.14. The normalized spacial score (nSPS) is 25.3. The molecule has 2 nitrogen and oxygen atoms in total. The lowest BCUT2D eigenvalue weighted by Gasteiger charge is -2.04. The third-order valence-electron chi connectivity index (χ3n) is 2.39. The number of hydrogen-bond donors (Lipinski definition) is 0. The van der Waals surface area contributed by atoms with Gasteiger partial charge < -0.3 is 0 Å². The van der Waals surface area contributed by atoms with Crippen molar-refractivity contribution < 1.29 is 13.2 Å². The molecular formula is C9H9F3N2S. The summed E-state index contributed by atoms with van der Waals surface area (Å²) in [6, 6.07) is 0. The third-order valence-corrected chi connectivity index (χ3v) is 3.51. The van der Waals surface area contributed by atoms with Gasteiger partial charge in [0, 0.05) is 17.6 Å². The van der Waals surface area contributed by atoms with E-state index in [9.17, 15) is 13.2 Å². The Morgan fingerprint density at radius 3 is 2.33 bits per heavy atom. The molecule has 82 valence electrons. The first-order valence-electron chi connectivity index (χ1n) is 4.44. The van der Waals surface area contributed by atoms with E-state index >= 15 is 0 Å². The van der Waals surface area contributed by atoms with Gasteiger partial charge in [-0.3, -0.25) is 0 Å². The number of thioether (sulfide) groups is 1. The van der Waals surface area contributed by atoms with E-state index in [4.69, 9.17) is 0 Å². The van der Waals surface area contributed by atoms with Crippen molar-refractivity contribution >= 4 is 11.8 Å². The molecule has 0 spiro atoms. The Morgan fingerprint density at radius 2 is 1.93 bits per heavy atom. The van der Waals surface area contributed by atoms with Crippen LogP contribution in [0.2, 0.25) is 0 Å². The van der Waals surface area contributed by atoms with Gasteiger partial charge in [-0.1, -0.05) is 0 Å². The van der Waals surface area contributed by atoms with Gasteiger partial charge in [0.2, 0.25) is 5.82 Å². The van der Waals surface area contributed by atoms with Gasteiger partial charge in [0.05, 0.1) is 0 Å². The maximum atomic E-state index is 12.2. The molecule has 0 aliphatic heterocycles. The van der Waals surface area contributed by atoms with Crippen molar-refractivity contribution in [2.45, 2.75) is 23.8 Å². The molecule has 1 aliphatic rings. The number of rotatable bonds is 2. The highest BCUT2D eigenvalue weighted by Gasteiger charge is 2.39. The fraction of sp³-hybridized carbons (Fsp3) is 0.556. The van der Waals surface area contributed by atoms with Crippen molar-refractivity contribution in [1.29, 1.82) is 0 Å². The van der Waals surface area contributed by atoms with E-state index in [1.165, 1.54) is 12.4 Å². The highest BCUT2D eigenvalue weighted by Crippen LogP contribution is 2.47. The Kier molecular flexibility index (Phi) is 2.62. The molecule has 0 aromatic carbocycles. The maximum absolute atomic E-state index is 12.2. The lowest BCUT2D eigenvalue weighted by Crippen LogP contribution is -2.10. The molecule has 2 atom stereocenters. The fourth-order valence-corrected chi connectivity index (χ4v) is 2.34. The molecule has 0 amide bonds. The van der Waals surface area contributed by atoms with E-state index in [-0.39, 0.29) is 0 Å². The number of nitrogens with zero attached hydrogens (tertiary/aromatic N) is 2. The van der Waals surface area contributed by atoms with E-state index in [0.29, 0.717) is 11.2 Å². The van der Waals surface area contributed by atoms with E-state index in [1.807, 2.05) is 6.26 Å². The van der Waals surface area contributed by atoms with Crippen molar-refractivity contribution in [1.82, 2.24) is 9.97 Å². The van der Waals surface area contributed by atoms with Gasteiger partial charge in [-0.25, -0.2) is 9.97 Å². The average molecular weight is 234 g/mol. The summed E-state index contributed by atoms with van der Waals surface area (Å²) in [6.45, 7) is 0. The van der Waals surface area contributed by atoms with Gasteiger partial charge in [0.1, 0.15) is 0 Å². The molecule has 1 aromatic rings. The van der Waals surface area contributed by atoms with Crippen LogP contribution in [-0.2, 0) is 6.18 Å². The van der Waals surface area contributed by atoms with Crippen LogP contribution in [0.3, 0.4) is 0 Å². The zero-order chi connectivity index (χ0) is 11.1.